The van der Waals surface area contributed by atoms with Gasteiger partial charge in [0.05, 0.1) is 12.6 Å². The number of methoxy groups -OCH3 is 1. The molecule has 3 aromatic rings. The van der Waals surface area contributed by atoms with Gasteiger partial charge in [-0.05, 0) is 45.0 Å². The summed E-state index contributed by atoms with van der Waals surface area (Å²) in [6.07, 6.45) is 1.31. The van der Waals surface area contributed by atoms with Crippen LogP contribution in [0.3, 0.4) is 0 Å². The van der Waals surface area contributed by atoms with Crippen molar-refractivity contribution in [1.82, 2.24) is 14.8 Å². The number of halogens is 1. The number of carbonyl (C=O) groups is 1. The summed E-state index contributed by atoms with van der Waals surface area (Å²) in [6.45, 7) is 9.40. The Hall–Kier alpha value is -3.79. The van der Waals surface area contributed by atoms with Gasteiger partial charge in [0.1, 0.15) is 18.0 Å². The van der Waals surface area contributed by atoms with Crippen molar-refractivity contribution in [2.45, 2.75) is 26.4 Å². The lowest BCUT2D eigenvalue weighted by molar-refractivity contribution is 0.0136. The minimum Gasteiger partial charge on any atom is -0.493 e. The van der Waals surface area contributed by atoms with E-state index in [0.717, 1.165) is 13.1 Å². The number of aromatic nitrogens is 1. The molecule has 198 valence electrons. The molecule has 4 rings (SSSR count). The van der Waals surface area contributed by atoms with Gasteiger partial charge in [-0.25, -0.2) is 9.18 Å². The number of hydrogen-bond donors (Lipinski definition) is 1. The van der Waals surface area contributed by atoms with Crippen LogP contribution in [-0.2, 0) is 4.74 Å². The third kappa shape index (κ3) is 6.71. The van der Waals surface area contributed by atoms with Crippen molar-refractivity contribution in [3.05, 3.63) is 48.4 Å². The van der Waals surface area contributed by atoms with E-state index >= 15 is 0 Å². The van der Waals surface area contributed by atoms with E-state index in [4.69, 9.17) is 24.7 Å². The molecule has 0 aliphatic carbocycles. The molecule has 37 heavy (non-hydrogen) atoms. The van der Waals surface area contributed by atoms with E-state index in [1.807, 2.05) is 20.8 Å². The Kier molecular flexibility index (Phi) is 7.87. The smallest absolute Gasteiger partial charge is 0.410 e. The number of nitrogens with two attached hydrogens (primary N) is 1. The van der Waals surface area contributed by atoms with Crippen LogP contribution in [0.2, 0.25) is 0 Å². The van der Waals surface area contributed by atoms with Crippen LogP contribution >= 0.6 is 0 Å². The summed E-state index contributed by atoms with van der Waals surface area (Å²) in [5.41, 5.74) is 6.06. The van der Waals surface area contributed by atoms with E-state index in [2.05, 4.69) is 9.88 Å². The van der Waals surface area contributed by atoms with Crippen LogP contribution in [-0.4, -0.2) is 72.9 Å². The predicted octanol–water partition coefficient (Wildman–Crippen LogP) is 4.69. The lowest BCUT2D eigenvalue weighted by Crippen LogP contribution is -2.50. The van der Waals surface area contributed by atoms with Gasteiger partial charge in [-0.1, -0.05) is 0 Å². The Balaban J connectivity index is 1.38. The van der Waals surface area contributed by atoms with E-state index in [-0.39, 0.29) is 11.8 Å². The quantitative estimate of drug-likeness (QED) is 0.455. The first-order valence-corrected chi connectivity index (χ1v) is 12.2. The third-order valence-corrected chi connectivity index (χ3v) is 5.85. The Morgan fingerprint density at radius 1 is 1.03 bits per heavy atom. The number of nitrogens with zero attached hydrogens (tertiary/aromatic N) is 3. The predicted molar refractivity (Wildman–Crippen MR) is 139 cm³/mol. The minimum absolute atomic E-state index is 0.0627. The zero-order valence-electron chi connectivity index (χ0n) is 21.6. The number of carbonyl (C=O) groups excluding carboxylic acids is 1. The number of piperazine rings is 1. The Bertz CT molecular complexity index is 1260. The fourth-order valence-corrected chi connectivity index (χ4v) is 3.97. The van der Waals surface area contributed by atoms with Crippen LogP contribution in [0.4, 0.5) is 14.9 Å². The molecule has 2 heterocycles. The average molecular weight is 513 g/mol. The number of hydrogen-bond acceptors (Lipinski definition) is 8. The van der Waals surface area contributed by atoms with Crippen molar-refractivity contribution < 1.29 is 28.1 Å². The SMILES string of the molecule is COc1cc2c(Oc3ccc(N)cc3F)ccnc2cc1OCCN1CCN(C(=O)OC(C)(C)C)CC1. The molecule has 1 fully saturated rings. The van der Waals surface area contributed by atoms with Crippen molar-refractivity contribution in [2.24, 2.45) is 0 Å². The van der Waals surface area contributed by atoms with Gasteiger partial charge >= 0.3 is 6.09 Å². The number of fused-ring (bicyclic) bond motifs is 1. The molecule has 0 spiro atoms. The van der Waals surface area contributed by atoms with Crippen LogP contribution in [0.25, 0.3) is 10.9 Å². The molecule has 2 N–H and O–H groups in total. The summed E-state index contributed by atoms with van der Waals surface area (Å²) in [4.78, 5) is 20.6. The first kappa shape index (κ1) is 26.3. The molecule has 0 atom stereocenters. The summed E-state index contributed by atoms with van der Waals surface area (Å²) < 4.78 is 37.1. The minimum atomic E-state index is -0.552. The van der Waals surface area contributed by atoms with Crippen LogP contribution in [0.5, 0.6) is 23.0 Å². The second-order valence-electron chi connectivity index (χ2n) is 9.78. The summed E-state index contributed by atoms with van der Waals surface area (Å²) in [5.74, 6) is 1.00. The normalized spacial score (nSPS) is 14.5. The second-order valence-corrected chi connectivity index (χ2v) is 9.78. The Labute approximate surface area is 215 Å². The van der Waals surface area contributed by atoms with E-state index in [1.54, 1.807) is 42.5 Å². The summed E-state index contributed by atoms with van der Waals surface area (Å²) in [7, 11) is 1.56. The molecule has 0 unspecified atom stereocenters. The summed E-state index contributed by atoms with van der Waals surface area (Å²) in [5, 5.41) is 0.654. The third-order valence-electron chi connectivity index (χ3n) is 5.85. The molecule has 1 saturated heterocycles. The molecule has 0 saturated carbocycles. The summed E-state index contributed by atoms with van der Waals surface area (Å²) >= 11 is 0. The van der Waals surface area contributed by atoms with Crippen LogP contribution < -0.4 is 19.9 Å². The molecule has 1 aliphatic heterocycles. The highest BCUT2D eigenvalue weighted by Crippen LogP contribution is 2.37. The molecule has 2 aromatic carbocycles. The first-order valence-electron chi connectivity index (χ1n) is 12.2. The zero-order chi connectivity index (χ0) is 26.6. The zero-order valence-corrected chi connectivity index (χ0v) is 21.6. The monoisotopic (exact) mass is 512 g/mol. The van der Waals surface area contributed by atoms with Crippen molar-refractivity contribution in [3.8, 4) is 23.0 Å². The molecular weight excluding hydrogens is 479 g/mol. The van der Waals surface area contributed by atoms with Gasteiger partial charge in [-0.3, -0.25) is 9.88 Å². The van der Waals surface area contributed by atoms with Crippen molar-refractivity contribution in [2.75, 3.05) is 52.2 Å². The van der Waals surface area contributed by atoms with Crippen molar-refractivity contribution >= 4 is 22.7 Å². The average Bonchev–Trinajstić information content (AvgIpc) is 2.85. The first-order chi connectivity index (χ1) is 17.6. The standard InChI is InChI=1S/C27H33FN4O5/c1-27(2,3)37-26(33)32-11-9-31(10-12-32)13-14-35-25-17-21-19(16-24(25)34-4)22(7-8-30-21)36-23-6-5-18(29)15-20(23)28/h5-8,15-17H,9-14,29H2,1-4H3. The number of benzene rings is 2. The maximum atomic E-state index is 14.3. The van der Waals surface area contributed by atoms with Crippen molar-refractivity contribution in [1.29, 1.82) is 0 Å². The fourth-order valence-electron chi connectivity index (χ4n) is 3.97. The molecule has 0 bridgehead atoms. The van der Waals surface area contributed by atoms with Gasteiger partial charge in [0.2, 0.25) is 0 Å². The molecule has 1 aromatic heterocycles. The molecule has 0 radical (unpaired) electrons. The molecule has 1 amide bonds. The largest absolute Gasteiger partial charge is 0.493 e. The van der Waals surface area contributed by atoms with E-state index in [0.29, 0.717) is 60.1 Å². The van der Waals surface area contributed by atoms with E-state index in [9.17, 15) is 9.18 Å². The van der Waals surface area contributed by atoms with Gasteiger partial charge in [-0.15, -0.1) is 0 Å². The van der Waals surface area contributed by atoms with E-state index < -0.39 is 11.4 Å². The lowest BCUT2D eigenvalue weighted by atomic mass is 10.1. The number of pyridine rings is 1. The van der Waals surface area contributed by atoms with Gasteiger partial charge in [0.25, 0.3) is 0 Å². The highest BCUT2D eigenvalue weighted by atomic mass is 19.1. The molecule has 1 aliphatic rings. The van der Waals surface area contributed by atoms with Gasteiger partial charge in [0.15, 0.2) is 23.1 Å². The molecule has 10 heteroatoms. The van der Waals surface area contributed by atoms with Crippen LogP contribution in [0.15, 0.2) is 42.6 Å². The maximum absolute atomic E-state index is 14.3. The molecule has 9 nitrogen and oxygen atoms in total. The van der Waals surface area contributed by atoms with Crippen molar-refractivity contribution in [3.63, 3.8) is 0 Å². The Morgan fingerprint density at radius 2 is 1.78 bits per heavy atom. The number of anilines is 1. The Morgan fingerprint density at radius 3 is 2.46 bits per heavy atom. The van der Waals surface area contributed by atoms with Crippen LogP contribution in [0, 0.1) is 5.82 Å². The topological polar surface area (TPSA) is 99.4 Å². The summed E-state index contributed by atoms with van der Waals surface area (Å²) in [6, 6.07) is 9.48. The fraction of sp³-hybridized carbons (Fsp3) is 0.407. The molecular formula is C27H33FN4O5. The van der Waals surface area contributed by atoms with Gasteiger partial charge in [-0.2, -0.15) is 0 Å². The van der Waals surface area contributed by atoms with Crippen LogP contribution in [0.1, 0.15) is 20.8 Å². The lowest BCUT2D eigenvalue weighted by Gasteiger charge is -2.35. The van der Waals surface area contributed by atoms with E-state index in [1.165, 1.54) is 12.1 Å². The maximum Gasteiger partial charge on any atom is 0.410 e. The highest BCUT2D eigenvalue weighted by Gasteiger charge is 2.25. The number of ether oxygens (including phenoxy) is 4. The second kappa shape index (κ2) is 11.1. The number of nitrogen functional groups attached to an aromatic ring is 1. The van der Waals surface area contributed by atoms with Gasteiger partial charge in [0, 0.05) is 62.1 Å². The number of amides is 1. The number of rotatable bonds is 7. The highest BCUT2D eigenvalue weighted by molar-refractivity contribution is 5.88. The van der Waals surface area contributed by atoms with Gasteiger partial charge < -0.3 is 29.6 Å².